The van der Waals surface area contributed by atoms with E-state index in [-0.39, 0.29) is 11.6 Å². The highest BCUT2D eigenvalue weighted by molar-refractivity contribution is 7.92. The molecule has 0 saturated carbocycles. The smallest absolute Gasteiger partial charge is 0.253 e. The number of nitrogens with one attached hydrogen (secondary N) is 2. The summed E-state index contributed by atoms with van der Waals surface area (Å²) in [5.41, 5.74) is 0.104. The summed E-state index contributed by atoms with van der Waals surface area (Å²) in [5.74, 6) is 0.338. The van der Waals surface area contributed by atoms with Gasteiger partial charge in [-0.05, 0) is 56.0 Å². The van der Waals surface area contributed by atoms with E-state index in [4.69, 9.17) is 0 Å². The molecule has 0 bridgehead atoms. The largest absolute Gasteiger partial charge is 0.339 e. The Kier molecular flexibility index (Phi) is 4.78. The number of hydrogen-bond acceptors (Lipinski definition) is 4. The van der Waals surface area contributed by atoms with Crippen molar-refractivity contribution in [1.82, 2.24) is 10.2 Å². The minimum absolute atomic E-state index is 0.181. The van der Waals surface area contributed by atoms with E-state index in [1.165, 1.54) is 12.1 Å². The second kappa shape index (κ2) is 6.68. The molecule has 2 N–H and O–H groups in total. The number of hydrogen-bond donors (Lipinski definition) is 2. The van der Waals surface area contributed by atoms with Gasteiger partial charge in [0.25, 0.3) is 5.91 Å². The molecule has 2 saturated heterocycles. The molecule has 2 aliphatic heterocycles. The van der Waals surface area contributed by atoms with Crippen LogP contribution in [-0.2, 0) is 10.0 Å². The molecule has 2 fully saturated rings. The van der Waals surface area contributed by atoms with Gasteiger partial charge in [-0.25, -0.2) is 12.8 Å². The van der Waals surface area contributed by atoms with Gasteiger partial charge < -0.3 is 10.2 Å². The lowest BCUT2D eigenvalue weighted by Crippen LogP contribution is -2.32. The van der Waals surface area contributed by atoms with E-state index in [1.54, 1.807) is 4.90 Å². The molecule has 2 heterocycles. The molecule has 8 heteroatoms. The van der Waals surface area contributed by atoms with E-state index < -0.39 is 15.8 Å². The first-order chi connectivity index (χ1) is 11.3. The summed E-state index contributed by atoms with van der Waals surface area (Å²) < 4.78 is 38.5. The highest BCUT2D eigenvalue weighted by atomic mass is 32.2. The molecule has 132 valence electrons. The van der Waals surface area contributed by atoms with Crippen molar-refractivity contribution in [3.05, 3.63) is 29.6 Å². The summed E-state index contributed by atoms with van der Waals surface area (Å²) in [6.07, 6.45) is 2.86. The molecule has 1 aromatic rings. The standard InChI is InChI=1S/C16H22FN3O3S/c1-24(22,23)19-15-8-11(2-3-14(15)17)16(21)20-6-4-12-9-18-10-13(12)5-7-20/h2-3,8,12-13,18-19H,4-7,9-10H2,1H3/t12-,13+. The lowest BCUT2D eigenvalue weighted by atomic mass is 9.92. The second-order valence-electron chi connectivity index (χ2n) is 6.62. The molecule has 0 unspecified atom stereocenters. The molecular formula is C16H22FN3O3S. The number of likely N-dealkylation sites (tertiary alicyclic amines) is 1. The van der Waals surface area contributed by atoms with Crippen molar-refractivity contribution in [3.63, 3.8) is 0 Å². The van der Waals surface area contributed by atoms with Gasteiger partial charge in [0.15, 0.2) is 0 Å². The molecule has 1 aromatic carbocycles. The molecule has 24 heavy (non-hydrogen) atoms. The Morgan fingerprint density at radius 3 is 2.46 bits per heavy atom. The molecular weight excluding hydrogens is 333 g/mol. The van der Waals surface area contributed by atoms with Crippen LogP contribution in [0.15, 0.2) is 18.2 Å². The molecule has 6 nitrogen and oxygen atoms in total. The summed E-state index contributed by atoms with van der Waals surface area (Å²) in [5, 5.41) is 3.39. The first kappa shape index (κ1) is 17.2. The third-order valence-corrected chi connectivity index (χ3v) is 5.41. The van der Waals surface area contributed by atoms with Crippen LogP contribution in [0.3, 0.4) is 0 Å². The van der Waals surface area contributed by atoms with Gasteiger partial charge in [-0.15, -0.1) is 0 Å². The van der Waals surface area contributed by atoms with Crippen LogP contribution >= 0.6 is 0 Å². The van der Waals surface area contributed by atoms with Crippen molar-refractivity contribution in [3.8, 4) is 0 Å². The van der Waals surface area contributed by atoms with Crippen molar-refractivity contribution in [2.45, 2.75) is 12.8 Å². The van der Waals surface area contributed by atoms with Crippen molar-refractivity contribution >= 4 is 21.6 Å². The maximum atomic E-state index is 13.8. The van der Waals surface area contributed by atoms with Gasteiger partial charge in [0.1, 0.15) is 5.82 Å². The van der Waals surface area contributed by atoms with E-state index >= 15 is 0 Å². The maximum absolute atomic E-state index is 13.8. The number of amides is 1. The molecule has 2 aliphatic rings. The third-order valence-electron chi connectivity index (χ3n) is 4.82. The Morgan fingerprint density at radius 2 is 1.88 bits per heavy atom. The molecule has 2 atom stereocenters. The Hall–Kier alpha value is -1.67. The molecule has 3 rings (SSSR count). The van der Waals surface area contributed by atoms with Crippen molar-refractivity contribution in [2.75, 3.05) is 37.2 Å². The first-order valence-electron chi connectivity index (χ1n) is 8.11. The van der Waals surface area contributed by atoms with E-state index in [0.29, 0.717) is 30.5 Å². The Bertz CT molecular complexity index is 724. The Labute approximate surface area is 141 Å². The van der Waals surface area contributed by atoms with Gasteiger partial charge in [0.2, 0.25) is 10.0 Å². The SMILES string of the molecule is CS(=O)(=O)Nc1cc(C(=O)N2CC[C@@H]3CNC[C@@H]3CC2)ccc1F. The van der Waals surface area contributed by atoms with Crippen LogP contribution in [0.1, 0.15) is 23.2 Å². The number of nitrogens with zero attached hydrogens (tertiary/aromatic N) is 1. The summed E-state index contributed by atoms with van der Waals surface area (Å²) in [6.45, 7) is 3.36. The average molecular weight is 355 g/mol. The van der Waals surface area contributed by atoms with Gasteiger partial charge in [-0.1, -0.05) is 0 Å². The minimum Gasteiger partial charge on any atom is -0.339 e. The number of rotatable bonds is 3. The molecule has 0 spiro atoms. The van der Waals surface area contributed by atoms with Crippen LogP contribution in [0.4, 0.5) is 10.1 Å². The van der Waals surface area contributed by atoms with Gasteiger partial charge in [-0.3, -0.25) is 9.52 Å². The Balaban J connectivity index is 1.76. The fourth-order valence-corrected chi connectivity index (χ4v) is 4.10. The maximum Gasteiger partial charge on any atom is 0.253 e. The minimum atomic E-state index is -3.61. The molecule has 1 amide bonds. The number of carbonyl (C=O) groups is 1. The number of halogens is 1. The lowest BCUT2D eigenvalue weighted by Gasteiger charge is -2.21. The predicted octanol–water partition coefficient (Wildman–Crippen LogP) is 1.27. The summed E-state index contributed by atoms with van der Waals surface area (Å²) in [7, 11) is -3.61. The monoisotopic (exact) mass is 355 g/mol. The van der Waals surface area contributed by atoms with Crippen molar-refractivity contribution in [1.29, 1.82) is 0 Å². The van der Waals surface area contributed by atoms with Crippen molar-refractivity contribution < 1.29 is 17.6 Å². The van der Waals surface area contributed by atoms with Crippen LogP contribution in [0.2, 0.25) is 0 Å². The van der Waals surface area contributed by atoms with E-state index in [0.717, 1.165) is 38.3 Å². The quantitative estimate of drug-likeness (QED) is 0.856. The summed E-state index contributed by atoms with van der Waals surface area (Å²) >= 11 is 0. The van der Waals surface area contributed by atoms with Crippen LogP contribution < -0.4 is 10.0 Å². The van der Waals surface area contributed by atoms with Crippen molar-refractivity contribution in [2.24, 2.45) is 11.8 Å². The molecule has 0 aliphatic carbocycles. The van der Waals surface area contributed by atoms with Crippen LogP contribution in [-0.4, -0.2) is 51.7 Å². The Morgan fingerprint density at radius 1 is 1.25 bits per heavy atom. The number of sulfonamides is 1. The van der Waals surface area contributed by atoms with E-state index in [9.17, 15) is 17.6 Å². The van der Waals surface area contributed by atoms with Gasteiger partial charge in [-0.2, -0.15) is 0 Å². The van der Waals surface area contributed by atoms with Crippen LogP contribution in [0.5, 0.6) is 0 Å². The molecule has 0 aromatic heterocycles. The fourth-order valence-electron chi connectivity index (χ4n) is 3.54. The molecule has 0 radical (unpaired) electrons. The number of anilines is 1. The third kappa shape index (κ3) is 3.87. The van der Waals surface area contributed by atoms with E-state index in [2.05, 4.69) is 10.0 Å². The predicted molar refractivity (Wildman–Crippen MR) is 89.9 cm³/mol. The first-order valence-corrected chi connectivity index (χ1v) is 10.00. The zero-order chi connectivity index (χ0) is 17.3. The average Bonchev–Trinajstić information content (AvgIpc) is 2.86. The van der Waals surface area contributed by atoms with Gasteiger partial charge >= 0.3 is 0 Å². The topological polar surface area (TPSA) is 78.5 Å². The highest BCUT2D eigenvalue weighted by Gasteiger charge is 2.31. The summed E-state index contributed by atoms with van der Waals surface area (Å²) in [6, 6.07) is 3.79. The number of benzene rings is 1. The van der Waals surface area contributed by atoms with Gasteiger partial charge in [0.05, 0.1) is 11.9 Å². The lowest BCUT2D eigenvalue weighted by molar-refractivity contribution is 0.0758. The summed E-state index contributed by atoms with van der Waals surface area (Å²) in [4.78, 5) is 14.5. The number of fused-ring (bicyclic) bond motifs is 1. The highest BCUT2D eigenvalue weighted by Crippen LogP contribution is 2.28. The second-order valence-corrected chi connectivity index (χ2v) is 8.37. The zero-order valence-electron chi connectivity index (χ0n) is 13.6. The normalized spacial score (nSPS) is 24.3. The number of carbonyl (C=O) groups excluding carboxylic acids is 1. The van der Waals surface area contributed by atoms with Crippen LogP contribution in [0.25, 0.3) is 0 Å². The van der Waals surface area contributed by atoms with E-state index in [1.807, 2.05) is 0 Å². The fraction of sp³-hybridized carbons (Fsp3) is 0.562. The van der Waals surface area contributed by atoms with Crippen LogP contribution in [0, 0.1) is 17.7 Å². The van der Waals surface area contributed by atoms with Gasteiger partial charge in [0, 0.05) is 18.7 Å². The zero-order valence-corrected chi connectivity index (χ0v) is 14.4.